The van der Waals surface area contributed by atoms with Crippen LogP contribution in [0.3, 0.4) is 0 Å². The third-order valence-corrected chi connectivity index (χ3v) is 7.50. The van der Waals surface area contributed by atoms with Crippen molar-refractivity contribution in [3.8, 4) is 0 Å². The zero-order chi connectivity index (χ0) is 20.3. The van der Waals surface area contributed by atoms with Crippen LogP contribution in [0.25, 0.3) is 10.8 Å². The van der Waals surface area contributed by atoms with Gasteiger partial charge in [0, 0.05) is 18.4 Å². The van der Waals surface area contributed by atoms with Crippen molar-refractivity contribution in [2.24, 2.45) is 0 Å². The first kappa shape index (κ1) is 20.1. The van der Waals surface area contributed by atoms with Gasteiger partial charge in [0.1, 0.15) is 6.04 Å². The lowest BCUT2D eigenvalue weighted by Crippen LogP contribution is -3.11. The van der Waals surface area contributed by atoms with Crippen molar-refractivity contribution < 1.29 is 13.3 Å². The number of nitrogens with one attached hydrogen (secondary N) is 2. The van der Waals surface area contributed by atoms with Gasteiger partial charge in [-0.15, -0.1) is 0 Å². The second kappa shape index (κ2) is 8.66. The Labute approximate surface area is 173 Å². The molecule has 3 aromatic rings. The molecular weight excluding hydrogens is 380 g/mol. The van der Waals surface area contributed by atoms with E-state index in [-0.39, 0.29) is 6.04 Å². The third-order valence-electron chi connectivity index (χ3n) is 6.06. The van der Waals surface area contributed by atoms with Gasteiger partial charge in [0.15, 0.2) is 0 Å². The maximum Gasteiger partial charge on any atom is 0.240 e. The first-order valence-corrected chi connectivity index (χ1v) is 12.0. The maximum atomic E-state index is 12.9. The van der Waals surface area contributed by atoms with E-state index in [4.69, 9.17) is 0 Å². The monoisotopic (exact) mass is 409 g/mol. The summed E-state index contributed by atoms with van der Waals surface area (Å²) in [6.07, 6.45) is 3.29. The van der Waals surface area contributed by atoms with Crippen LogP contribution < -0.4 is 9.62 Å². The molecule has 0 unspecified atom stereocenters. The first-order chi connectivity index (χ1) is 14.1. The molecule has 1 aliphatic heterocycles. The van der Waals surface area contributed by atoms with Crippen molar-refractivity contribution in [2.75, 3.05) is 19.6 Å². The third kappa shape index (κ3) is 4.37. The van der Waals surface area contributed by atoms with Crippen LogP contribution >= 0.6 is 0 Å². The quantitative estimate of drug-likeness (QED) is 0.630. The van der Waals surface area contributed by atoms with Crippen molar-refractivity contribution in [3.05, 3.63) is 77.9 Å². The van der Waals surface area contributed by atoms with Crippen LogP contribution in [0.15, 0.2) is 71.6 Å². The van der Waals surface area contributed by atoms with Gasteiger partial charge in [0.2, 0.25) is 10.0 Å². The summed E-state index contributed by atoms with van der Waals surface area (Å²) in [6, 6.07) is 22.0. The van der Waals surface area contributed by atoms with E-state index in [1.165, 1.54) is 34.1 Å². The molecule has 5 heteroatoms. The summed E-state index contributed by atoms with van der Waals surface area (Å²) in [5, 5.41) is 2.41. The van der Waals surface area contributed by atoms with E-state index >= 15 is 0 Å². The minimum absolute atomic E-state index is 0.105. The molecule has 0 aromatic heterocycles. The first-order valence-electron chi connectivity index (χ1n) is 10.5. The van der Waals surface area contributed by atoms with Crippen LogP contribution in [0, 0.1) is 0 Å². The molecule has 2 N–H and O–H groups in total. The Hall–Kier alpha value is -2.21. The fourth-order valence-electron chi connectivity index (χ4n) is 4.39. The molecule has 0 spiro atoms. The van der Waals surface area contributed by atoms with Crippen LogP contribution in [-0.2, 0) is 16.4 Å². The van der Waals surface area contributed by atoms with E-state index in [0.29, 0.717) is 11.4 Å². The molecule has 4 nitrogen and oxygen atoms in total. The van der Waals surface area contributed by atoms with Gasteiger partial charge in [0.05, 0.1) is 24.5 Å². The SMILES string of the molecule is CCc1ccc(S(=O)(=O)NC[C@H](c2cccc3ccccc23)[NH+]2CCCC2)cc1. The molecule has 0 bridgehead atoms. The minimum Gasteiger partial charge on any atom is -0.328 e. The summed E-state index contributed by atoms with van der Waals surface area (Å²) >= 11 is 0. The Morgan fingerprint density at radius 3 is 2.34 bits per heavy atom. The Morgan fingerprint density at radius 2 is 1.62 bits per heavy atom. The number of fused-ring (bicyclic) bond motifs is 1. The Balaban J connectivity index is 1.62. The Bertz CT molecular complexity index is 1070. The highest BCUT2D eigenvalue weighted by Crippen LogP contribution is 2.24. The number of hydrogen-bond donors (Lipinski definition) is 2. The van der Waals surface area contributed by atoms with Crippen molar-refractivity contribution >= 4 is 20.8 Å². The molecule has 1 atom stereocenters. The average molecular weight is 410 g/mol. The van der Waals surface area contributed by atoms with Crippen LogP contribution in [0.2, 0.25) is 0 Å². The van der Waals surface area contributed by atoms with Crippen LogP contribution in [0.4, 0.5) is 0 Å². The molecule has 4 rings (SSSR count). The van der Waals surface area contributed by atoms with Crippen LogP contribution in [-0.4, -0.2) is 28.1 Å². The largest absolute Gasteiger partial charge is 0.328 e. The number of likely N-dealkylation sites (tertiary alicyclic amines) is 1. The molecular formula is C24H29N2O2S+. The van der Waals surface area contributed by atoms with E-state index in [1.54, 1.807) is 12.1 Å². The molecule has 3 aromatic carbocycles. The van der Waals surface area contributed by atoms with Crippen LogP contribution in [0.1, 0.15) is 36.9 Å². The second-order valence-corrected chi connectivity index (χ2v) is 9.60. The van der Waals surface area contributed by atoms with E-state index in [2.05, 4.69) is 48.0 Å². The predicted molar refractivity (Wildman–Crippen MR) is 118 cm³/mol. The van der Waals surface area contributed by atoms with Crippen molar-refractivity contribution in [1.82, 2.24) is 4.72 Å². The lowest BCUT2D eigenvalue weighted by atomic mass is 9.98. The lowest BCUT2D eigenvalue weighted by Gasteiger charge is -2.26. The van der Waals surface area contributed by atoms with Gasteiger partial charge < -0.3 is 4.90 Å². The molecule has 0 aliphatic carbocycles. The normalized spacial score (nSPS) is 16.3. The molecule has 1 saturated heterocycles. The molecule has 1 heterocycles. The molecule has 1 aliphatic rings. The van der Waals surface area contributed by atoms with Crippen LogP contribution in [0.5, 0.6) is 0 Å². The fraction of sp³-hybridized carbons (Fsp3) is 0.333. The molecule has 152 valence electrons. The number of quaternary nitrogens is 1. The summed E-state index contributed by atoms with van der Waals surface area (Å²) in [7, 11) is -3.53. The predicted octanol–water partition coefficient (Wildman–Crippen LogP) is 3.10. The van der Waals surface area contributed by atoms with Crippen molar-refractivity contribution in [3.63, 3.8) is 0 Å². The van der Waals surface area contributed by atoms with Crippen molar-refractivity contribution in [1.29, 1.82) is 0 Å². The maximum absolute atomic E-state index is 12.9. The molecule has 1 fully saturated rings. The zero-order valence-corrected chi connectivity index (χ0v) is 17.7. The smallest absolute Gasteiger partial charge is 0.240 e. The summed E-state index contributed by atoms with van der Waals surface area (Å²) in [6.45, 7) is 4.64. The van der Waals surface area contributed by atoms with Gasteiger partial charge in [-0.2, -0.15) is 0 Å². The number of sulfonamides is 1. The highest BCUT2D eigenvalue weighted by atomic mass is 32.2. The summed E-state index contributed by atoms with van der Waals surface area (Å²) in [5.74, 6) is 0. The van der Waals surface area contributed by atoms with Gasteiger partial charge in [-0.05, 0) is 34.9 Å². The van der Waals surface area contributed by atoms with Gasteiger partial charge in [0.25, 0.3) is 0 Å². The molecule has 0 amide bonds. The van der Waals surface area contributed by atoms with Gasteiger partial charge in [-0.25, -0.2) is 13.1 Å². The molecule has 0 saturated carbocycles. The number of aryl methyl sites for hydroxylation is 1. The lowest BCUT2D eigenvalue weighted by molar-refractivity contribution is -0.918. The summed E-state index contributed by atoms with van der Waals surface area (Å²) in [4.78, 5) is 1.80. The average Bonchev–Trinajstić information content (AvgIpc) is 3.28. The zero-order valence-electron chi connectivity index (χ0n) is 16.9. The Kier molecular flexibility index (Phi) is 5.99. The van der Waals surface area contributed by atoms with Gasteiger partial charge >= 0.3 is 0 Å². The van der Waals surface area contributed by atoms with E-state index in [9.17, 15) is 8.42 Å². The minimum atomic E-state index is -3.53. The number of hydrogen-bond acceptors (Lipinski definition) is 2. The molecule has 0 radical (unpaired) electrons. The summed E-state index contributed by atoms with van der Waals surface area (Å²) < 4.78 is 28.8. The van der Waals surface area contributed by atoms with Gasteiger partial charge in [-0.3, -0.25) is 0 Å². The fourth-order valence-corrected chi connectivity index (χ4v) is 5.43. The highest BCUT2D eigenvalue weighted by molar-refractivity contribution is 7.89. The van der Waals surface area contributed by atoms with E-state index in [1.807, 2.05) is 18.2 Å². The molecule has 29 heavy (non-hydrogen) atoms. The van der Waals surface area contributed by atoms with Gasteiger partial charge in [-0.1, -0.05) is 61.5 Å². The number of rotatable bonds is 7. The standard InChI is InChI=1S/C24H28N2O2S/c1-2-19-12-14-21(15-13-19)29(27,28)25-18-24(26-16-5-6-17-26)23-11-7-9-20-8-3-4-10-22(20)23/h3-4,7-15,24-25H,2,5-6,16-18H2,1H3/p+1/t24-/m1/s1. The Morgan fingerprint density at radius 1 is 0.931 bits per heavy atom. The second-order valence-electron chi connectivity index (χ2n) is 7.84. The van der Waals surface area contributed by atoms with E-state index < -0.39 is 10.0 Å². The summed E-state index contributed by atoms with van der Waals surface area (Å²) in [5.41, 5.74) is 2.36. The van der Waals surface area contributed by atoms with Crippen molar-refractivity contribution in [2.45, 2.75) is 37.1 Å². The highest BCUT2D eigenvalue weighted by Gasteiger charge is 2.30. The number of benzene rings is 3. The topological polar surface area (TPSA) is 50.6 Å². The van der Waals surface area contributed by atoms with E-state index in [0.717, 1.165) is 25.1 Å².